The summed E-state index contributed by atoms with van der Waals surface area (Å²) in [5.74, 6) is 6.00. The molecule has 0 saturated heterocycles. The number of hydrazine groups is 1. The van der Waals surface area contributed by atoms with Crippen LogP contribution < -0.4 is 15.6 Å². The average Bonchev–Trinajstić information content (AvgIpc) is 2.61. The number of pyridine rings is 1. The summed E-state index contributed by atoms with van der Waals surface area (Å²) < 4.78 is 18.9. The molecule has 1 aromatic heterocycles. The van der Waals surface area contributed by atoms with E-state index in [4.69, 9.17) is 22.2 Å². The number of benzene rings is 2. The second-order valence-electron chi connectivity index (χ2n) is 5.51. The van der Waals surface area contributed by atoms with E-state index in [9.17, 15) is 4.39 Å². The molecule has 4 nitrogen and oxygen atoms in total. The fourth-order valence-corrected chi connectivity index (χ4v) is 2.67. The van der Waals surface area contributed by atoms with Crippen molar-refractivity contribution in [1.29, 1.82) is 0 Å². The van der Waals surface area contributed by atoms with E-state index in [0.29, 0.717) is 16.6 Å². The predicted molar refractivity (Wildman–Crippen MR) is 98.0 cm³/mol. The highest BCUT2D eigenvalue weighted by atomic mass is 35.5. The van der Waals surface area contributed by atoms with Crippen LogP contribution in [0.5, 0.6) is 5.88 Å². The third-order valence-corrected chi connectivity index (χ3v) is 4.06. The third kappa shape index (κ3) is 4.07. The minimum atomic E-state index is -0.284. The van der Waals surface area contributed by atoms with E-state index in [1.54, 1.807) is 31.3 Å². The lowest BCUT2D eigenvalue weighted by Gasteiger charge is -2.18. The van der Waals surface area contributed by atoms with Gasteiger partial charge in [0.15, 0.2) is 0 Å². The van der Waals surface area contributed by atoms with Crippen LogP contribution in [-0.4, -0.2) is 12.0 Å². The van der Waals surface area contributed by atoms with Crippen molar-refractivity contribution in [3.8, 4) is 17.1 Å². The molecular weight excluding hydrogens is 341 g/mol. The highest BCUT2D eigenvalue weighted by Crippen LogP contribution is 2.27. The molecule has 0 saturated carbocycles. The molecule has 3 rings (SSSR count). The maximum Gasteiger partial charge on any atom is 0.214 e. The van der Waals surface area contributed by atoms with Gasteiger partial charge in [0, 0.05) is 29.3 Å². The zero-order chi connectivity index (χ0) is 17.8. The average molecular weight is 358 g/mol. The minimum Gasteiger partial charge on any atom is -0.473 e. The van der Waals surface area contributed by atoms with Crippen molar-refractivity contribution in [2.24, 2.45) is 5.84 Å². The zero-order valence-corrected chi connectivity index (χ0v) is 14.4. The smallest absolute Gasteiger partial charge is 0.214 e. The molecule has 2 aromatic carbocycles. The minimum absolute atomic E-state index is 0.233. The number of aromatic nitrogens is 1. The Labute approximate surface area is 150 Å². The molecule has 0 amide bonds. The van der Waals surface area contributed by atoms with Crippen molar-refractivity contribution in [3.63, 3.8) is 0 Å². The van der Waals surface area contributed by atoms with Gasteiger partial charge in [-0.1, -0.05) is 23.7 Å². The summed E-state index contributed by atoms with van der Waals surface area (Å²) >= 11 is 6.26. The maximum absolute atomic E-state index is 13.1. The Morgan fingerprint density at radius 3 is 2.52 bits per heavy atom. The van der Waals surface area contributed by atoms with E-state index in [0.717, 1.165) is 16.8 Å². The molecule has 1 heterocycles. The fourth-order valence-electron chi connectivity index (χ4n) is 2.44. The lowest BCUT2D eigenvalue weighted by atomic mass is 10.1. The van der Waals surface area contributed by atoms with Crippen molar-refractivity contribution in [1.82, 2.24) is 4.98 Å². The van der Waals surface area contributed by atoms with Crippen molar-refractivity contribution in [2.75, 3.05) is 12.1 Å². The van der Waals surface area contributed by atoms with Gasteiger partial charge in [0.2, 0.25) is 5.88 Å². The van der Waals surface area contributed by atoms with E-state index < -0.39 is 0 Å². The van der Waals surface area contributed by atoms with E-state index in [1.807, 2.05) is 24.3 Å². The Morgan fingerprint density at radius 1 is 1.08 bits per heavy atom. The van der Waals surface area contributed by atoms with Crippen LogP contribution in [0.4, 0.5) is 10.1 Å². The molecule has 0 atom stereocenters. The zero-order valence-electron chi connectivity index (χ0n) is 13.6. The molecule has 0 aliphatic carbocycles. The summed E-state index contributed by atoms with van der Waals surface area (Å²) in [6, 6.07) is 17.1. The Morgan fingerprint density at radius 2 is 1.80 bits per heavy atom. The van der Waals surface area contributed by atoms with E-state index >= 15 is 0 Å². The first-order chi connectivity index (χ1) is 12.0. The topological polar surface area (TPSA) is 51.4 Å². The number of hydrogen-bond acceptors (Lipinski definition) is 4. The largest absolute Gasteiger partial charge is 0.473 e. The van der Waals surface area contributed by atoms with Crippen LogP contribution >= 0.6 is 11.6 Å². The van der Waals surface area contributed by atoms with Gasteiger partial charge in [0.05, 0.1) is 11.4 Å². The fraction of sp³-hybridized carbons (Fsp3) is 0.105. The molecular formula is C19H17ClFN3O. The summed E-state index contributed by atoms with van der Waals surface area (Å²) in [5, 5.41) is 2.07. The Bertz CT molecular complexity index is 869. The van der Waals surface area contributed by atoms with Gasteiger partial charge in [-0.2, -0.15) is 0 Å². The molecule has 2 N–H and O–H groups in total. The van der Waals surface area contributed by atoms with Gasteiger partial charge < -0.3 is 9.75 Å². The number of rotatable bonds is 5. The normalized spacial score (nSPS) is 10.6. The quantitative estimate of drug-likeness (QED) is 0.542. The number of nitrogens with two attached hydrogens (primary N) is 1. The molecule has 128 valence electrons. The first-order valence-electron chi connectivity index (χ1n) is 7.66. The van der Waals surface area contributed by atoms with Gasteiger partial charge in [-0.15, -0.1) is 0 Å². The van der Waals surface area contributed by atoms with Gasteiger partial charge in [-0.05, 0) is 42.5 Å². The summed E-state index contributed by atoms with van der Waals surface area (Å²) in [6.45, 7) is 0.233. The van der Waals surface area contributed by atoms with Crippen LogP contribution in [0.1, 0.15) is 5.56 Å². The highest BCUT2D eigenvalue weighted by Gasteiger charge is 2.11. The van der Waals surface area contributed by atoms with Gasteiger partial charge in [-0.3, -0.25) is 0 Å². The van der Waals surface area contributed by atoms with E-state index in [-0.39, 0.29) is 12.4 Å². The maximum atomic E-state index is 13.1. The van der Waals surface area contributed by atoms with Crippen molar-refractivity contribution >= 4 is 17.3 Å². The van der Waals surface area contributed by atoms with Crippen molar-refractivity contribution in [2.45, 2.75) is 6.61 Å². The number of anilines is 1. The molecule has 25 heavy (non-hydrogen) atoms. The van der Waals surface area contributed by atoms with E-state index in [2.05, 4.69) is 4.98 Å². The number of hydrogen-bond donors (Lipinski definition) is 1. The first kappa shape index (κ1) is 17.2. The second-order valence-corrected chi connectivity index (χ2v) is 5.91. The lowest BCUT2D eigenvalue weighted by molar-refractivity contribution is 0.294. The Balaban J connectivity index is 1.81. The Kier molecular flexibility index (Phi) is 5.16. The van der Waals surface area contributed by atoms with Crippen LogP contribution in [0.2, 0.25) is 5.02 Å². The summed E-state index contributed by atoms with van der Waals surface area (Å²) in [4.78, 5) is 4.46. The van der Waals surface area contributed by atoms with Crippen LogP contribution in [-0.2, 0) is 6.61 Å². The monoisotopic (exact) mass is 357 g/mol. The van der Waals surface area contributed by atoms with Crippen LogP contribution in [0.15, 0.2) is 60.7 Å². The van der Waals surface area contributed by atoms with Gasteiger partial charge >= 0.3 is 0 Å². The molecule has 0 unspecified atom stereocenters. The standard InChI is InChI=1S/C19H17ClFN3O/c1-24(22)18-6-2-4-16(20)15(18)12-25-19-7-3-5-17(23-19)13-8-10-14(21)11-9-13/h2-11H,12,22H2,1H3. The molecule has 6 heteroatoms. The number of ether oxygens (including phenoxy) is 1. The molecule has 0 bridgehead atoms. The lowest BCUT2D eigenvalue weighted by Crippen LogP contribution is -2.26. The van der Waals surface area contributed by atoms with Crippen LogP contribution in [0, 0.1) is 5.82 Å². The Hall–Kier alpha value is -2.63. The first-order valence-corrected chi connectivity index (χ1v) is 8.04. The summed E-state index contributed by atoms with van der Waals surface area (Å²) in [6.07, 6.45) is 0. The summed E-state index contributed by atoms with van der Waals surface area (Å²) in [5.41, 5.74) is 3.07. The van der Waals surface area contributed by atoms with Gasteiger partial charge in [-0.25, -0.2) is 15.2 Å². The van der Waals surface area contributed by atoms with Crippen LogP contribution in [0.3, 0.4) is 0 Å². The molecule has 0 fully saturated rings. The van der Waals surface area contributed by atoms with Gasteiger partial charge in [0.1, 0.15) is 12.4 Å². The number of nitrogens with zero attached hydrogens (tertiary/aromatic N) is 2. The van der Waals surface area contributed by atoms with Crippen molar-refractivity contribution in [3.05, 3.63) is 77.1 Å². The molecule has 0 spiro atoms. The van der Waals surface area contributed by atoms with Crippen LogP contribution in [0.25, 0.3) is 11.3 Å². The molecule has 0 aliphatic heterocycles. The van der Waals surface area contributed by atoms with E-state index in [1.165, 1.54) is 17.1 Å². The molecule has 0 aliphatic rings. The predicted octanol–water partition coefficient (Wildman–Crippen LogP) is 4.43. The molecule has 3 aromatic rings. The molecule has 0 radical (unpaired) electrons. The second kappa shape index (κ2) is 7.51. The third-order valence-electron chi connectivity index (χ3n) is 3.70. The van der Waals surface area contributed by atoms with Crippen molar-refractivity contribution < 1.29 is 9.13 Å². The highest BCUT2D eigenvalue weighted by molar-refractivity contribution is 6.31. The number of halogens is 2. The SMILES string of the molecule is CN(N)c1cccc(Cl)c1COc1cccc(-c2ccc(F)cc2)n1. The summed E-state index contributed by atoms with van der Waals surface area (Å²) in [7, 11) is 1.74. The van der Waals surface area contributed by atoms with Gasteiger partial charge in [0.25, 0.3) is 0 Å².